The number of rotatable bonds is 4. The summed E-state index contributed by atoms with van der Waals surface area (Å²) in [6, 6.07) is 13.8. The smallest absolute Gasteiger partial charge is 0.367 e. The lowest BCUT2D eigenvalue weighted by Gasteiger charge is -2.02. The van der Waals surface area contributed by atoms with E-state index in [-0.39, 0.29) is 5.69 Å². The zero-order valence-corrected chi connectivity index (χ0v) is 12.4. The Balaban J connectivity index is 1.99. The number of fused-ring (bicyclic) bond motifs is 1. The molecule has 0 aliphatic heterocycles. The molecule has 0 amide bonds. The number of nitrogens with zero attached hydrogens (tertiary/aromatic N) is 2. The topological polar surface area (TPSA) is 84.4 Å². The van der Waals surface area contributed by atoms with E-state index >= 15 is 0 Å². The predicted octanol–water partition coefficient (Wildman–Crippen LogP) is 4.31. The maximum absolute atomic E-state index is 11.9. The Kier molecular flexibility index (Phi) is 4.05. The summed E-state index contributed by atoms with van der Waals surface area (Å²) in [6.45, 7) is 2.49. The summed E-state index contributed by atoms with van der Waals surface area (Å²) in [5.41, 5.74) is -0.117. The maximum atomic E-state index is 11.9. The molecule has 0 atom stereocenters. The van der Waals surface area contributed by atoms with Crippen molar-refractivity contribution < 1.29 is 14.3 Å². The molecular formula is C17H14N2O4. The fourth-order valence-electron chi connectivity index (χ4n) is 2.16. The van der Waals surface area contributed by atoms with Crippen LogP contribution in [-0.2, 0) is 0 Å². The van der Waals surface area contributed by atoms with Crippen molar-refractivity contribution in [2.45, 2.75) is 6.92 Å². The molecule has 1 heterocycles. The van der Waals surface area contributed by atoms with Crippen molar-refractivity contribution in [3.63, 3.8) is 0 Å². The summed E-state index contributed by atoms with van der Waals surface area (Å²) >= 11 is 0. The summed E-state index contributed by atoms with van der Waals surface area (Å²) in [4.78, 5) is 11.9. The molecule has 6 heteroatoms. The highest BCUT2D eigenvalue weighted by Crippen LogP contribution is 2.30. The summed E-state index contributed by atoms with van der Waals surface area (Å²) in [6.07, 6.45) is 0. The monoisotopic (exact) mass is 310 g/mol. The molecule has 0 aliphatic carbocycles. The molecule has 0 saturated carbocycles. The molecule has 0 fully saturated rings. The first-order valence-corrected chi connectivity index (χ1v) is 7.08. The van der Waals surface area contributed by atoms with Gasteiger partial charge in [0.2, 0.25) is 0 Å². The molecule has 6 nitrogen and oxygen atoms in total. The first-order chi connectivity index (χ1) is 11.2. The van der Waals surface area contributed by atoms with Crippen LogP contribution >= 0.6 is 0 Å². The van der Waals surface area contributed by atoms with Crippen molar-refractivity contribution >= 4 is 22.1 Å². The van der Waals surface area contributed by atoms with Gasteiger partial charge in [-0.15, -0.1) is 5.11 Å². The lowest BCUT2D eigenvalue weighted by atomic mass is 10.1. The second-order valence-corrected chi connectivity index (χ2v) is 4.72. The standard InChI is InChI=1S/C17H14N2O4/c1-2-22-12-9-7-11(8-10-12)18-19-15-13-5-3-4-6-14(13)16(20)23-17(15)21/h3-10,20H,2H2,1H3. The van der Waals surface area contributed by atoms with Crippen LogP contribution < -0.4 is 10.4 Å². The molecule has 0 radical (unpaired) electrons. The van der Waals surface area contributed by atoms with Crippen LogP contribution in [0.1, 0.15) is 6.92 Å². The normalized spacial score (nSPS) is 11.2. The molecule has 116 valence electrons. The summed E-state index contributed by atoms with van der Waals surface area (Å²) in [5.74, 6) is 0.312. The average molecular weight is 310 g/mol. The van der Waals surface area contributed by atoms with Gasteiger partial charge in [-0.05, 0) is 37.3 Å². The number of hydrogen-bond donors (Lipinski definition) is 1. The number of ether oxygens (including phenoxy) is 1. The van der Waals surface area contributed by atoms with Crippen LogP contribution in [0.4, 0.5) is 11.4 Å². The second kappa shape index (κ2) is 6.31. The molecule has 0 aliphatic rings. The minimum Gasteiger partial charge on any atom is -0.494 e. The van der Waals surface area contributed by atoms with Crippen molar-refractivity contribution in [1.82, 2.24) is 0 Å². The second-order valence-electron chi connectivity index (χ2n) is 4.72. The first kappa shape index (κ1) is 14.8. The van der Waals surface area contributed by atoms with Crippen molar-refractivity contribution in [2.75, 3.05) is 6.61 Å². The van der Waals surface area contributed by atoms with Crippen LogP contribution in [0.3, 0.4) is 0 Å². The van der Waals surface area contributed by atoms with E-state index in [4.69, 9.17) is 9.15 Å². The quantitative estimate of drug-likeness (QED) is 0.727. The number of aromatic hydroxyl groups is 1. The molecule has 3 aromatic rings. The third kappa shape index (κ3) is 3.06. The van der Waals surface area contributed by atoms with E-state index in [9.17, 15) is 9.90 Å². The Morgan fingerprint density at radius 3 is 2.43 bits per heavy atom. The van der Waals surface area contributed by atoms with Crippen LogP contribution in [0.25, 0.3) is 10.8 Å². The molecule has 1 N–H and O–H groups in total. The van der Waals surface area contributed by atoms with Gasteiger partial charge in [0.1, 0.15) is 5.75 Å². The fraction of sp³-hybridized carbons (Fsp3) is 0.118. The van der Waals surface area contributed by atoms with Crippen LogP contribution in [0.2, 0.25) is 0 Å². The van der Waals surface area contributed by atoms with Crippen LogP contribution in [0.5, 0.6) is 11.7 Å². The van der Waals surface area contributed by atoms with E-state index in [1.165, 1.54) is 0 Å². The molecule has 0 bridgehead atoms. The lowest BCUT2D eigenvalue weighted by molar-refractivity contribution is 0.318. The van der Waals surface area contributed by atoms with Gasteiger partial charge in [0.15, 0.2) is 5.69 Å². The molecule has 3 rings (SSSR count). The van der Waals surface area contributed by atoms with Gasteiger partial charge in [0, 0.05) is 5.39 Å². The van der Waals surface area contributed by atoms with E-state index in [1.807, 2.05) is 6.92 Å². The maximum Gasteiger partial charge on any atom is 0.367 e. The Bertz CT molecular complexity index is 914. The van der Waals surface area contributed by atoms with Gasteiger partial charge in [-0.1, -0.05) is 18.2 Å². The van der Waals surface area contributed by atoms with Gasteiger partial charge in [-0.2, -0.15) is 5.11 Å². The van der Waals surface area contributed by atoms with Crippen LogP contribution in [-0.4, -0.2) is 11.7 Å². The SMILES string of the molecule is CCOc1ccc(N=Nc2c(=O)oc(O)c3ccccc23)cc1. The largest absolute Gasteiger partial charge is 0.494 e. The van der Waals surface area contributed by atoms with E-state index < -0.39 is 11.6 Å². The van der Waals surface area contributed by atoms with Gasteiger partial charge in [0.05, 0.1) is 17.7 Å². The Labute approximate surface area is 131 Å². The molecule has 0 spiro atoms. The highest BCUT2D eigenvalue weighted by atomic mass is 16.5. The molecule has 23 heavy (non-hydrogen) atoms. The third-order valence-corrected chi connectivity index (χ3v) is 3.21. The number of hydrogen-bond acceptors (Lipinski definition) is 6. The third-order valence-electron chi connectivity index (χ3n) is 3.21. The van der Waals surface area contributed by atoms with Gasteiger partial charge in [0.25, 0.3) is 5.95 Å². The average Bonchev–Trinajstić information content (AvgIpc) is 2.56. The zero-order chi connectivity index (χ0) is 16.2. The van der Waals surface area contributed by atoms with Gasteiger partial charge >= 0.3 is 5.63 Å². The molecule has 2 aromatic carbocycles. The van der Waals surface area contributed by atoms with Crippen molar-refractivity contribution in [2.24, 2.45) is 10.2 Å². The Morgan fingerprint density at radius 1 is 1.04 bits per heavy atom. The molecule has 1 aromatic heterocycles. The predicted molar refractivity (Wildman–Crippen MR) is 85.9 cm³/mol. The number of azo groups is 1. The van der Waals surface area contributed by atoms with E-state index in [0.29, 0.717) is 23.1 Å². The minimum absolute atomic E-state index is 0.0484. The van der Waals surface area contributed by atoms with Crippen LogP contribution in [0, 0.1) is 0 Å². The Hall–Kier alpha value is -3.15. The Morgan fingerprint density at radius 2 is 1.74 bits per heavy atom. The van der Waals surface area contributed by atoms with Crippen molar-refractivity contribution in [3.05, 3.63) is 59.0 Å². The molecular weight excluding hydrogens is 296 g/mol. The van der Waals surface area contributed by atoms with Crippen LogP contribution in [0.15, 0.2) is 68.0 Å². The van der Waals surface area contributed by atoms with Gasteiger partial charge in [-0.3, -0.25) is 0 Å². The van der Waals surface area contributed by atoms with E-state index in [2.05, 4.69) is 10.2 Å². The number of benzene rings is 2. The lowest BCUT2D eigenvalue weighted by Crippen LogP contribution is -1.98. The summed E-state index contributed by atoms with van der Waals surface area (Å²) in [7, 11) is 0. The van der Waals surface area contributed by atoms with E-state index in [0.717, 1.165) is 5.75 Å². The molecule has 0 unspecified atom stereocenters. The van der Waals surface area contributed by atoms with Gasteiger partial charge in [-0.25, -0.2) is 4.79 Å². The highest BCUT2D eigenvalue weighted by Gasteiger charge is 2.11. The zero-order valence-electron chi connectivity index (χ0n) is 12.4. The van der Waals surface area contributed by atoms with Gasteiger partial charge < -0.3 is 14.3 Å². The van der Waals surface area contributed by atoms with E-state index in [1.54, 1.807) is 48.5 Å². The van der Waals surface area contributed by atoms with Crippen molar-refractivity contribution in [3.8, 4) is 11.7 Å². The molecule has 0 saturated heterocycles. The first-order valence-electron chi connectivity index (χ1n) is 7.08. The fourth-order valence-corrected chi connectivity index (χ4v) is 2.16. The minimum atomic E-state index is -0.740. The summed E-state index contributed by atoms with van der Waals surface area (Å²) < 4.78 is 10.1. The summed E-state index contributed by atoms with van der Waals surface area (Å²) in [5, 5.41) is 18.6. The van der Waals surface area contributed by atoms with Crippen molar-refractivity contribution in [1.29, 1.82) is 0 Å². The highest BCUT2D eigenvalue weighted by molar-refractivity contribution is 5.94.